The summed E-state index contributed by atoms with van der Waals surface area (Å²) in [5.74, 6) is 0.840. The normalized spacial score (nSPS) is 24.0. The highest BCUT2D eigenvalue weighted by molar-refractivity contribution is 4.93. The molecular formula is C15H28O3. The molecule has 1 fully saturated rings. The molecule has 0 spiro atoms. The zero-order chi connectivity index (χ0) is 13.2. The van der Waals surface area contributed by atoms with Crippen LogP contribution in [0.25, 0.3) is 0 Å². The van der Waals surface area contributed by atoms with Gasteiger partial charge in [-0.2, -0.15) is 0 Å². The Balaban J connectivity index is 2.20. The fourth-order valence-electron chi connectivity index (χ4n) is 2.05. The Morgan fingerprint density at radius 3 is 2.67 bits per heavy atom. The van der Waals surface area contributed by atoms with Gasteiger partial charge in [0.25, 0.3) is 0 Å². The van der Waals surface area contributed by atoms with Crippen molar-refractivity contribution in [3.8, 4) is 0 Å². The maximum absolute atomic E-state index is 5.86. The fourth-order valence-corrected chi connectivity index (χ4v) is 2.05. The number of hydrogen-bond acceptors (Lipinski definition) is 3. The van der Waals surface area contributed by atoms with Gasteiger partial charge in [0.1, 0.15) is 6.10 Å². The number of rotatable bonds is 9. The summed E-state index contributed by atoms with van der Waals surface area (Å²) >= 11 is 0. The lowest BCUT2D eigenvalue weighted by Crippen LogP contribution is -2.33. The van der Waals surface area contributed by atoms with Gasteiger partial charge in [0.05, 0.1) is 18.5 Å². The van der Waals surface area contributed by atoms with Gasteiger partial charge < -0.3 is 14.2 Å². The maximum Gasteiger partial charge on any atom is 0.124 e. The first-order chi connectivity index (χ1) is 8.76. The van der Waals surface area contributed by atoms with E-state index in [1.54, 1.807) is 0 Å². The highest BCUT2D eigenvalue weighted by atomic mass is 16.5. The van der Waals surface area contributed by atoms with E-state index in [0.717, 1.165) is 44.7 Å². The van der Waals surface area contributed by atoms with E-state index in [1.165, 1.54) is 12.8 Å². The van der Waals surface area contributed by atoms with Crippen molar-refractivity contribution in [2.75, 3.05) is 19.8 Å². The molecule has 0 saturated carbocycles. The van der Waals surface area contributed by atoms with Gasteiger partial charge in [0.15, 0.2) is 0 Å². The van der Waals surface area contributed by atoms with Gasteiger partial charge in [0, 0.05) is 26.1 Å². The molecule has 0 aromatic heterocycles. The molecule has 0 N–H and O–H groups in total. The highest BCUT2D eigenvalue weighted by Gasteiger charge is 2.25. The second kappa shape index (κ2) is 9.40. The molecule has 0 aromatic rings. The fraction of sp³-hybridized carbons (Fsp3) is 0.867. The zero-order valence-electron chi connectivity index (χ0n) is 12.0. The van der Waals surface area contributed by atoms with Gasteiger partial charge in [-0.05, 0) is 12.8 Å². The third kappa shape index (κ3) is 6.41. The van der Waals surface area contributed by atoms with Crippen molar-refractivity contribution in [2.24, 2.45) is 0 Å². The first-order valence-electron chi connectivity index (χ1n) is 7.30. The van der Waals surface area contributed by atoms with Crippen LogP contribution in [-0.2, 0) is 14.2 Å². The van der Waals surface area contributed by atoms with Crippen LogP contribution >= 0.6 is 0 Å². The van der Waals surface area contributed by atoms with Crippen molar-refractivity contribution in [3.05, 3.63) is 12.3 Å². The molecule has 0 bridgehead atoms. The minimum Gasteiger partial charge on any atom is -0.493 e. The maximum atomic E-state index is 5.86. The Labute approximate surface area is 111 Å². The van der Waals surface area contributed by atoms with Crippen LogP contribution in [0.4, 0.5) is 0 Å². The molecule has 1 aliphatic rings. The average Bonchev–Trinajstić information content (AvgIpc) is 2.34. The van der Waals surface area contributed by atoms with Gasteiger partial charge in [-0.25, -0.2) is 0 Å². The van der Waals surface area contributed by atoms with E-state index in [1.807, 2.05) is 0 Å². The summed E-state index contributed by atoms with van der Waals surface area (Å²) < 4.78 is 17.2. The minimum atomic E-state index is 0.120. The lowest BCUT2D eigenvalue weighted by Gasteiger charge is -2.31. The molecule has 2 atom stereocenters. The van der Waals surface area contributed by atoms with Crippen molar-refractivity contribution < 1.29 is 14.2 Å². The average molecular weight is 256 g/mol. The van der Waals surface area contributed by atoms with Crippen LogP contribution in [0.3, 0.4) is 0 Å². The smallest absolute Gasteiger partial charge is 0.124 e. The standard InChI is InChI=1S/C15H28O3/c1-4-6-8-16-12-15-11-14(10-13(3)18-15)17-9-7-5-2/h14-15H,3-12H2,1-2H3/t14-,15+/m1/s1. The highest BCUT2D eigenvalue weighted by Crippen LogP contribution is 2.24. The summed E-state index contributed by atoms with van der Waals surface area (Å²) in [6.45, 7) is 10.6. The third-order valence-corrected chi connectivity index (χ3v) is 3.11. The van der Waals surface area contributed by atoms with E-state index in [0.29, 0.717) is 6.61 Å². The lowest BCUT2D eigenvalue weighted by molar-refractivity contribution is -0.0675. The van der Waals surface area contributed by atoms with Crippen LogP contribution < -0.4 is 0 Å². The van der Waals surface area contributed by atoms with Gasteiger partial charge in [0.2, 0.25) is 0 Å². The Kier molecular flexibility index (Phi) is 8.10. The molecule has 3 heteroatoms. The molecular weight excluding hydrogens is 228 g/mol. The molecule has 0 aromatic carbocycles. The first kappa shape index (κ1) is 15.5. The number of hydrogen-bond donors (Lipinski definition) is 0. The first-order valence-corrected chi connectivity index (χ1v) is 7.30. The predicted octanol–water partition coefficient (Wildman–Crippen LogP) is 3.68. The van der Waals surface area contributed by atoms with E-state index in [4.69, 9.17) is 14.2 Å². The van der Waals surface area contributed by atoms with Crippen molar-refractivity contribution in [1.82, 2.24) is 0 Å². The summed E-state index contributed by atoms with van der Waals surface area (Å²) in [4.78, 5) is 0. The van der Waals surface area contributed by atoms with E-state index >= 15 is 0 Å². The Bertz CT molecular complexity index is 228. The summed E-state index contributed by atoms with van der Waals surface area (Å²) in [6.07, 6.45) is 6.72. The van der Waals surface area contributed by atoms with Crippen LogP contribution in [-0.4, -0.2) is 32.0 Å². The topological polar surface area (TPSA) is 27.7 Å². The molecule has 0 unspecified atom stereocenters. The Morgan fingerprint density at radius 2 is 1.94 bits per heavy atom. The predicted molar refractivity (Wildman–Crippen MR) is 73.6 cm³/mol. The second-order valence-electron chi connectivity index (χ2n) is 4.99. The summed E-state index contributed by atoms with van der Waals surface area (Å²) in [7, 11) is 0. The van der Waals surface area contributed by atoms with Crippen LogP contribution in [0.15, 0.2) is 12.3 Å². The van der Waals surface area contributed by atoms with Crippen LogP contribution in [0.5, 0.6) is 0 Å². The van der Waals surface area contributed by atoms with Crippen LogP contribution in [0.2, 0.25) is 0 Å². The van der Waals surface area contributed by atoms with Crippen molar-refractivity contribution in [1.29, 1.82) is 0 Å². The molecule has 1 rings (SSSR count). The molecule has 3 nitrogen and oxygen atoms in total. The molecule has 0 amide bonds. The van der Waals surface area contributed by atoms with E-state index in [2.05, 4.69) is 20.4 Å². The minimum absolute atomic E-state index is 0.120. The van der Waals surface area contributed by atoms with E-state index in [-0.39, 0.29) is 12.2 Å². The van der Waals surface area contributed by atoms with E-state index < -0.39 is 0 Å². The quantitative estimate of drug-likeness (QED) is 0.589. The van der Waals surface area contributed by atoms with Crippen molar-refractivity contribution in [3.63, 3.8) is 0 Å². The number of unbranched alkanes of at least 4 members (excludes halogenated alkanes) is 2. The SMILES string of the molecule is C=C1C[C@@H](OCCCC)C[C@@H](COCCCC)O1. The summed E-state index contributed by atoms with van der Waals surface area (Å²) in [6, 6.07) is 0. The van der Waals surface area contributed by atoms with Gasteiger partial charge in [-0.3, -0.25) is 0 Å². The molecule has 18 heavy (non-hydrogen) atoms. The molecule has 1 heterocycles. The Morgan fingerprint density at radius 1 is 1.22 bits per heavy atom. The largest absolute Gasteiger partial charge is 0.493 e. The second-order valence-corrected chi connectivity index (χ2v) is 4.99. The van der Waals surface area contributed by atoms with Crippen LogP contribution in [0.1, 0.15) is 52.4 Å². The van der Waals surface area contributed by atoms with Crippen molar-refractivity contribution >= 4 is 0 Å². The third-order valence-electron chi connectivity index (χ3n) is 3.11. The molecule has 1 aliphatic heterocycles. The lowest BCUT2D eigenvalue weighted by atomic mass is 10.0. The van der Waals surface area contributed by atoms with Gasteiger partial charge in [-0.1, -0.05) is 33.3 Å². The van der Waals surface area contributed by atoms with Crippen LogP contribution in [0, 0.1) is 0 Å². The molecule has 106 valence electrons. The molecule has 0 aliphatic carbocycles. The van der Waals surface area contributed by atoms with Gasteiger partial charge >= 0.3 is 0 Å². The zero-order valence-corrected chi connectivity index (χ0v) is 12.0. The van der Waals surface area contributed by atoms with E-state index in [9.17, 15) is 0 Å². The monoisotopic (exact) mass is 256 g/mol. The summed E-state index contributed by atoms with van der Waals surface area (Å²) in [5.41, 5.74) is 0. The Hall–Kier alpha value is -0.540. The van der Waals surface area contributed by atoms with Gasteiger partial charge in [-0.15, -0.1) is 0 Å². The number of ether oxygens (including phenoxy) is 3. The molecule has 0 radical (unpaired) electrons. The molecule has 1 saturated heterocycles. The summed E-state index contributed by atoms with van der Waals surface area (Å²) in [5, 5.41) is 0. The van der Waals surface area contributed by atoms with Crippen molar-refractivity contribution in [2.45, 2.75) is 64.6 Å².